The van der Waals surface area contributed by atoms with Crippen molar-refractivity contribution in [1.29, 1.82) is 0 Å². The van der Waals surface area contributed by atoms with Crippen LogP contribution < -0.4 is 0 Å². The van der Waals surface area contributed by atoms with Crippen LogP contribution in [0.4, 0.5) is 0 Å². The monoisotopic (exact) mass is 208 g/mol. The first-order chi connectivity index (χ1) is 7.00. The molecule has 0 fully saturated rings. The Morgan fingerprint density at radius 1 is 1.53 bits per heavy atom. The highest BCUT2D eigenvalue weighted by Crippen LogP contribution is 2.08. The molecule has 0 bridgehead atoms. The Hall–Kier alpha value is -1.12. The predicted octanol–water partition coefficient (Wildman–Crippen LogP) is 2.28. The third-order valence-corrected chi connectivity index (χ3v) is 2.60. The fourth-order valence-electron chi connectivity index (χ4n) is 1.63. The lowest BCUT2D eigenvalue weighted by Crippen LogP contribution is -2.07. The summed E-state index contributed by atoms with van der Waals surface area (Å²) >= 11 is 0. The van der Waals surface area contributed by atoms with Gasteiger partial charge in [0.25, 0.3) is 0 Å². The van der Waals surface area contributed by atoms with Gasteiger partial charge in [0.2, 0.25) is 0 Å². The average Bonchev–Trinajstić information content (AvgIpc) is 2.45. The molecule has 0 unspecified atom stereocenters. The Bertz CT molecular complexity index is 339. The molecule has 0 saturated heterocycles. The Kier molecular flexibility index (Phi) is 4.06. The second-order valence-corrected chi connectivity index (χ2v) is 4.38. The van der Waals surface area contributed by atoms with Crippen LogP contribution in [-0.2, 0) is 18.3 Å². The topological polar surface area (TPSA) is 34.9 Å². The molecule has 0 aliphatic rings. The Balaban J connectivity index is 2.38. The molecule has 0 radical (unpaired) electrons. The highest BCUT2D eigenvalue weighted by atomic mass is 16.1. The Labute approximate surface area is 91.5 Å². The molecule has 0 saturated carbocycles. The van der Waals surface area contributed by atoms with Crippen LogP contribution in [0.25, 0.3) is 0 Å². The van der Waals surface area contributed by atoms with Gasteiger partial charge in [0.1, 0.15) is 5.78 Å². The number of ketones is 1. The van der Waals surface area contributed by atoms with Crippen molar-refractivity contribution in [1.82, 2.24) is 9.78 Å². The molecule has 0 aromatic carbocycles. The molecular formula is C12H20N2O. The molecule has 0 aliphatic heterocycles. The van der Waals surface area contributed by atoms with Crippen LogP contribution in [0.5, 0.6) is 0 Å². The first kappa shape index (κ1) is 12.0. The lowest BCUT2D eigenvalue weighted by atomic mass is 10.0. The number of rotatable bonds is 5. The number of Topliss-reactive ketones (excluding diaryl/α,β-unsaturated/α-hetero) is 1. The summed E-state index contributed by atoms with van der Waals surface area (Å²) in [6, 6.07) is 2.08. The number of carbonyl (C=O) groups is 1. The normalized spacial score (nSPS) is 11.0. The number of nitrogens with zero attached hydrogens (tertiary/aromatic N) is 2. The van der Waals surface area contributed by atoms with Crippen LogP contribution in [0.3, 0.4) is 0 Å². The summed E-state index contributed by atoms with van der Waals surface area (Å²) in [5, 5.41) is 4.28. The highest BCUT2D eigenvalue weighted by Gasteiger charge is 2.08. The van der Waals surface area contributed by atoms with Gasteiger partial charge in [0.05, 0.1) is 5.69 Å². The molecule has 1 aromatic heterocycles. The molecule has 0 N–H and O–H groups in total. The van der Waals surface area contributed by atoms with Gasteiger partial charge in [0.15, 0.2) is 0 Å². The van der Waals surface area contributed by atoms with E-state index in [1.165, 1.54) is 5.69 Å². The van der Waals surface area contributed by atoms with Crippen molar-refractivity contribution in [2.45, 2.75) is 40.0 Å². The van der Waals surface area contributed by atoms with Crippen LogP contribution in [-0.4, -0.2) is 15.6 Å². The lowest BCUT2D eigenvalue weighted by molar-refractivity contribution is -0.121. The second-order valence-electron chi connectivity index (χ2n) is 4.38. The van der Waals surface area contributed by atoms with E-state index in [-0.39, 0.29) is 5.92 Å². The molecule has 1 heterocycles. The molecule has 15 heavy (non-hydrogen) atoms. The third kappa shape index (κ3) is 3.50. The third-order valence-electron chi connectivity index (χ3n) is 2.60. The zero-order valence-corrected chi connectivity index (χ0v) is 10.1. The maximum absolute atomic E-state index is 11.4. The van der Waals surface area contributed by atoms with Crippen LogP contribution >= 0.6 is 0 Å². The van der Waals surface area contributed by atoms with Crippen molar-refractivity contribution < 1.29 is 4.79 Å². The summed E-state index contributed by atoms with van der Waals surface area (Å²) in [4.78, 5) is 11.4. The molecule has 0 atom stereocenters. The van der Waals surface area contributed by atoms with Crippen molar-refractivity contribution >= 4 is 5.78 Å². The summed E-state index contributed by atoms with van der Waals surface area (Å²) in [7, 11) is 1.95. The standard InChI is InChI=1S/C12H20N2O/c1-9(2)12(15)7-5-6-11-8-10(3)13-14(11)4/h8-9H,5-7H2,1-4H3. The molecule has 1 rings (SSSR count). The minimum absolute atomic E-state index is 0.165. The molecular weight excluding hydrogens is 188 g/mol. The SMILES string of the molecule is Cc1cc(CCCC(=O)C(C)C)n(C)n1. The first-order valence-corrected chi connectivity index (χ1v) is 5.53. The number of hydrogen-bond acceptors (Lipinski definition) is 2. The number of carbonyl (C=O) groups excluding carboxylic acids is 1. The largest absolute Gasteiger partial charge is 0.299 e. The van der Waals surface area contributed by atoms with Crippen molar-refractivity contribution in [3.05, 3.63) is 17.5 Å². The van der Waals surface area contributed by atoms with Crippen molar-refractivity contribution in [3.8, 4) is 0 Å². The summed E-state index contributed by atoms with van der Waals surface area (Å²) in [5.74, 6) is 0.521. The van der Waals surface area contributed by atoms with E-state index < -0.39 is 0 Å². The van der Waals surface area contributed by atoms with Gasteiger partial charge >= 0.3 is 0 Å². The summed E-state index contributed by atoms with van der Waals surface area (Å²) < 4.78 is 1.90. The summed E-state index contributed by atoms with van der Waals surface area (Å²) in [6.07, 6.45) is 2.55. The fraction of sp³-hybridized carbons (Fsp3) is 0.667. The van der Waals surface area contributed by atoms with Crippen molar-refractivity contribution in [3.63, 3.8) is 0 Å². The van der Waals surface area contributed by atoms with Gasteiger partial charge in [-0.05, 0) is 25.8 Å². The Morgan fingerprint density at radius 2 is 2.20 bits per heavy atom. The smallest absolute Gasteiger partial charge is 0.135 e. The van der Waals surface area contributed by atoms with Crippen LogP contribution in [0.1, 0.15) is 38.1 Å². The van der Waals surface area contributed by atoms with E-state index in [2.05, 4.69) is 11.2 Å². The van der Waals surface area contributed by atoms with Gasteiger partial charge in [-0.15, -0.1) is 0 Å². The second kappa shape index (κ2) is 5.10. The molecule has 3 nitrogen and oxygen atoms in total. The van der Waals surface area contributed by atoms with Gasteiger partial charge < -0.3 is 0 Å². The maximum atomic E-state index is 11.4. The van der Waals surface area contributed by atoms with Gasteiger partial charge in [-0.2, -0.15) is 5.10 Å². The van der Waals surface area contributed by atoms with Crippen LogP contribution in [0.2, 0.25) is 0 Å². The van der Waals surface area contributed by atoms with E-state index in [0.717, 1.165) is 18.5 Å². The fourth-order valence-corrected chi connectivity index (χ4v) is 1.63. The van der Waals surface area contributed by atoms with Crippen LogP contribution in [0, 0.1) is 12.8 Å². The number of aryl methyl sites for hydroxylation is 3. The van der Waals surface area contributed by atoms with Gasteiger partial charge in [0, 0.05) is 25.1 Å². The molecule has 3 heteroatoms. The molecule has 0 amide bonds. The summed E-state index contributed by atoms with van der Waals surface area (Å²) in [6.45, 7) is 5.90. The number of aromatic nitrogens is 2. The maximum Gasteiger partial charge on any atom is 0.135 e. The quantitative estimate of drug-likeness (QED) is 0.744. The first-order valence-electron chi connectivity index (χ1n) is 5.53. The minimum Gasteiger partial charge on any atom is -0.299 e. The van der Waals surface area contributed by atoms with Gasteiger partial charge in [-0.3, -0.25) is 9.48 Å². The molecule has 0 spiro atoms. The highest BCUT2D eigenvalue weighted by molar-refractivity contribution is 5.80. The molecule has 0 aliphatic carbocycles. The van der Waals surface area contributed by atoms with E-state index >= 15 is 0 Å². The van der Waals surface area contributed by atoms with E-state index in [1.807, 2.05) is 32.5 Å². The van der Waals surface area contributed by atoms with Crippen molar-refractivity contribution in [2.75, 3.05) is 0 Å². The van der Waals surface area contributed by atoms with E-state index in [0.29, 0.717) is 12.2 Å². The van der Waals surface area contributed by atoms with Gasteiger partial charge in [-0.1, -0.05) is 13.8 Å². The molecule has 1 aromatic rings. The van der Waals surface area contributed by atoms with Crippen molar-refractivity contribution in [2.24, 2.45) is 13.0 Å². The van der Waals surface area contributed by atoms with Crippen LogP contribution in [0.15, 0.2) is 6.07 Å². The number of hydrogen-bond donors (Lipinski definition) is 0. The zero-order valence-electron chi connectivity index (χ0n) is 10.1. The molecule has 84 valence electrons. The van der Waals surface area contributed by atoms with E-state index in [1.54, 1.807) is 0 Å². The predicted molar refractivity (Wildman–Crippen MR) is 60.7 cm³/mol. The zero-order chi connectivity index (χ0) is 11.4. The minimum atomic E-state index is 0.165. The Morgan fingerprint density at radius 3 is 2.67 bits per heavy atom. The van der Waals surface area contributed by atoms with E-state index in [4.69, 9.17) is 0 Å². The lowest BCUT2D eigenvalue weighted by Gasteiger charge is -2.04. The van der Waals surface area contributed by atoms with Gasteiger partial charge in [-0.25, -0.2) is 0 Å². The van der Waals surface area contributed by atoms with E-state index in [9.17, 15) is 4.79 Å². The summed E-state index contributed by atoms with van der Waals surface area (Å²) in [5.41, 5.74) is 2.26. The average molecular weight is 208 g/mol.